The first kappa shape index (κ1) is 19.5. The molecule has 0 bridgehead atoms. The van der Waals surface area contributed by atoms with Crippen molar-refractivity contribution in [3.63, 3.8) is 0 Å². The van der Waals surface area contributed by atoms with Gasteiger partial charge in [-0.05, 0) is 73.8 Å². The minimum Gasteiger partial charge on any atom is -0.336 e. The zero-order valence-electron chi connectivity index (χ0n) is 15.5. The number of nitrogens with zero attached hydrogens (tertiary/aromatic N) is 1. The molecule has 2 amide bonds. The van der Waals surface area contributed by atoms with Gasteiger partial charge in [0.25, 0.3) is 11.8 Å². The Labute approximate surface area is 175 Å². The molecule has 0 aliphatic heterocycles. The lowest BCUT2D eigenvalue weighted by Crippen LogP contribution is -2.42. The number of aromatic nitrogens is 2. The molecule has 3 N–H and O–H groups in total. The lowest BCUT2D eigenvalue weighted by molar-refractivity contribution is 0.0845. The van der Waals surface area contributed by atoms with Crippen molar-refractivity contribution >= 4 is 35.4 Å². The second-order valence-corrected chi connectivity index (χ2v) is 8.34. The Kier molecular flexibility index (Phi) is 5.59. The molecule has 0 radical (unpaired) electrons. The number of hydrogen-bond donors (Lipinski definition) is 3. The number of fused-ring (bicyclic) bond motifs is 1. The molecule has 2 aromatic heterocycles. The van der Waals surface area contributed by atoms with Gasteiger partial charge in [-0.1, -0.05) is 6.42 Å². The fourth-order valence-electron chi connectivity index (χ4n) is 3.40. The van der Waals surface area contributed by atoms with Crippen LogP contribution in [0.5, 0.6) is 0 Å². The predicted molar refractivity (Wildman–Crippen MR) is 111 cm³/mol. The number of aryl methyl sites for hydroxylation is 2. The average molecular weight is 431 g/mol. The number of hydrogen-bond acceptors (Lipinski definition) is 4. The molecule has 0 atom stereocenters. The van der Waals surface area contributed by atoms with Gasteiger partial charge in [-0.25, -0.2) is 4.39 Å². The summed E-state index contributed by atoms with van der Waals surface area (Å²) in [6.45, 7) is 0. The quantitative estimate of drug-likeness (QED) is 0.333. The van der Waals surface area contributed by atoms with Crippen molar-refractivity contribution < 1.29 is 14.0 Å². The summed E-state index contributed by atoms with van der Waals surface area (Å²) in [5.74, 6) is -1.27. The van der Waals surface area contributed by atoms with Gasteiger partial charge in [-0.3, -0.25) is 25.0 Å². The Morgan fingerprint density at radius 1 is 1.07 bits per heavy atom. The highest BCUT2D eigenvalue weighted by molar-refractivity contribution is 7.71. The van der Waals surface area contributed by atoms with Gasteiger partial charge >= 0.3 is 0 Å². The molecule has 0 spiro atoms. The number of imidazole rings is 1. The molecule has 0 fully saturated rings. The van der Waals surface area contributed by atoms with Crippen molar-refractivity contribution in [1.29, 1.82) is 0 Å². The topological polar surface area (TPSA) is 78.9 Å². The number of aromatic amines is 1. The highest BCUT2D eigenvalue weighted by Gasteiger charge is 2.19. The molecule has 1 aliphatic carbocycles. The zero-order chi connectivity index (χ0) is 20.4. The Hall–Kier alpha value is -2.78. The Morgan fingerprint density at radius 2 is 1.79 bits per heavy atom. The molecule has 150 valence electrons. The third kappa shape index (κ3) is 4.15. The molecule has 3 aromatic rings. The lowest BCUT2D eigenvalue weighted by atomic mass is 10.1. The molecule has 1 aromatic carbocycles. The molecular weight excluding hydrogens is 411 g/mol. The largest absolute Gasteiger partial charge is 0.336 e. The van der Waals surface area contributed by atoms with Crippen LogP contribution in [0.2, 0.25) is 0 Å². The molecule has 6 nitrogen and oxygen atoms in total. The molecule has 0 unspecified atom stereocenters. The van der Waals surface area contributed by atoms with Crippen LogP contribution in [-0.4, -0.2) is 21.4 Å². The first-order valence-electron chi connectivity index (χ1n) is 9.31. The number of amides is 2. The van der Waals surface area contributed by atoms with Crippen LogP contribution in [0.1, 0.15) is 49.9 Å². The van der Waals surface area contributed by atoms with E-state index in [4.69, 9.17) is 12.2 Å². The maximum atomic E-state index is 13.2. The van der Waals surface area contributed by atoms with Crippen molar-refractivity contribution in [3.8, 4) is 5.69 Å². The molecule has 2 heterocycles. The van der Waals surface area contributed by atoms with Crippen LogP contribution >= 0.6 is 23.6 Å². The summed E-state index contributed by atoms with van der Waals surface area (Å²) in [6, 6.07) is 7.53. The SMILES string of the molecule is O=C(NNC(=O)c1c[nH]c(=S)n1-c1ccc(F)cc1)c1cc2c(s1)CCCCC2. The second-order valence-electron chi connectivity index (χ2n) is 6.82. The van der Waals surface area contributed by atoms with Crippen LogP contribution in [0.25, 0.3) is 5.69 Å². The van der Waals surface area contributed by atoms with E-state index in [9.17, 15) is 14.0 Å². The van der Waals surface area contributed by atoms with Crippen LogP contribution in [0.3, 0.4) is 0 Å². The van der Waals surface area contributed by atoms with Gasteiger partial charge in [-0.15, -0.1) is 11.3 Å². The minimum absolute atomic E-state index is 0.198. The summed E-state index contributed by atoms with van der Waals surface area (Å²) in [6.07, 6.45) is 6.94. The first-order chi connectivity index (χ1) is 14.0. The number of H-pyrrole nitrogens is 1. The van der Waals surface area contributed by atoms with E-state index in [1.54, 1.807) is 0 Å². The molecule has 0 saturated carbocycles. The van der Waals surface area contributed by atoms with E-state index in [0.29, 0.717) is 10.6 Å². The average Bonchev–Trinajstić information content (AvgIpc) is 3.23. The fraction of sp³-hybridized carbons (Fsp3) is 0.250. The third-order valence-corrected chi connectivity index (χ3v) is 6.39. The number of nitrogens with one attached hydrogen (secondary N) is 3. The van der Waals surface area contributed by atoms with Gasteiger partial charge in [0.15, 0.2) is 4.77 Å². The van der Waals surface area contributed by atoms with Gasteiger partial charge in [-0.2, -0.15) is 0 Å². The van der Waals surface area contributed by atoms with Crippen LogP contribution in [0.15, 0.2) is 36.5 Å². The molecule has 4 rings (SSSR count). The van der Waals surface area contributed by atoms with Gasteiger partial charge in [0, 0.05) is 16.8 Å². The Morgan fingerprint density at radius 3 is 2.59 bits per heavy atom. The number of carbonyl (C=O) groups is 2. The number of halogens is 1. The summed E-state index contributed by atoms with van der Waals surface area (Å²) >= 11 is 6.71. The first-order valence-corrected chi connectivity index (χ1v) is 10.5. The zero-order valence-corrected chi connectivity index (χ0v) is 17.1. The number of benzene rings is 1. The van der Waals surface area contributed by atoms with E-state index < -0.39 is 5.91 Å². The number of carbonyl (C=O) groups excluding carboxylic acids is 2. The van der Waals surface area contributed by atoms with Crippen molar-refractivity contribution in [3.05, 3.63) is 68.1 Å². The van der Waals surface area contributed by atoms with Crippen LogP contribution in [0, 0.1) is 10.6 Å². The van der Waals surface area contributed by atoms with E-state index >= 15 is 0 Å². The van der Waals surface area contributed by atoms with Gasteiger partial charge in [0.05, 0.1) is 4.88 Å². The smallest absolute Gasteiger partial charge is 0.288 e. The lowest BCUT2D eigenvalue weighted by Gasteiger charge is -2.09. The normalized spacial score (nSPS) is 13.4. The maximum absolute atomic E-state index is 13.2. The summed E-state index contributed by atoms with van der Waals surface area (Å²) < 4.78 is 15.0. The van der Waals surface area contributed by atoms with Crippen LogP contribution in [0.4, 0.5) is 4.39 Å². The van der Waals surface area contributed by atoms with Crippen molar-refractivity contribution in [1.82, 2.24) is 20.4 Å². The van der Waals surface area contributed by atoms with Crippen LogP contribution < -0.4 is 10.9 Å². The van der Waals surface area contributed by atoms with Crippen LogP contribution in [-0.2, 0) is 12.8 Å². The fourth-order valence-corrected chi connectivity index (χ4v) is 4.81. The number of rotatable bonds is 3. The summed E-state index contributed by atoms with van der Waals surface area (Å²) in [7, 11) is 0. The van der Waals surface area contributed by atoms with E-state index in [-0.39, 0.29) is 22.2 Å². The monoisotopic (exact) mass is 430 g/mol. The van der Waals surface area contributed by atoms with Crippen molar-refractivity contribution in [2.75, 3.05) is 0 Å². The standard InChI is InChI=1S/C20H19FN4O2S2/c21-13-6-8-14(9-7-13)25-15(11-22-20(25)28)18(26)23-24-19(27)17-10-12-4-2-1-3-5-16(12)29-17/h6-11H,1-5H2,(H,22,28)(H,23,26)(H,24,27). The van der Waals surface area contributed by atoms with E-state index in [0.717, 1.165) is 25.7 Å². The molecule has 9 heteroatoms. The summed E-state index contributed by atoms with van der Waals surface area (Å²) in [4.78, 5) is 29.7. The Balaban J connectivity index is 1.47. The summed E-state index contributed by atoms with van der Waals surface area (Å²) in [5.41, 5.74) is 6.87. The van der Waals surface area contributed by atoms with E-state index in [2.05, 4.69) is 15.8 Å². The third-order valence-electron chi connectivity index (χ3n) is 4.85. The van der Waals surface area contributed by atoms with Gasteiger partial charge < -0.3 is 4.98 Å². The molecule has 1 aliphatic rings. The molecular formula is C20H19FN4O2S2. The van der Waals surface area contributed by atoms with E-state index in [1.165, 1.54) is 63.2 Å². The maximum Gasteiger partial charge on any atom is 0.288 e. The van der Waals surface area contributed by atoms with Crippen molar-refractivity contribution in [2.45, 2.75) is 32.1 Å². The molecule has 29 heavy (non-hydrogen) atoms. The van der Waals surface area contributed by atoms with Crippen molar-refractivity contribution in [2.24, 2.45) is 0 Å². The van der Waals surface area contributed by atoms with Gasteiger partial charge in [0.1, 0.15) is 11.5 Å². The predicted octanol–water partition coefficient (Wildman–Crippen LogP) is 4.08. The van der Waals surface area contributed by atoms with Gasteiger partial charge in [0.2, 0.25) is 0 Å². The number of thiophene rings is 1. The molecule has 0 saturated heterocycles. The highest BCUT2D eigenvalue weighted by Crippen LogP contribution is 2.28. The second kappa shape index (κ2) is 8.30. The number of hydrazine groups is 1. The van der Waals surface area contributed by atoms with E-state index in [1.807, 2.05) is 6.07 Å². The minimum atomic E-state index is -0.534. The summed E-state index contributed by atoms with van der Waals surface area (Å²) in [5, 5.41) is 0. The highest BCUT2D eigenvalue weighted by atomic mass is 32.1. The Bertz CT molecular complexity index is 1090.